The van der Waals surface area contributed by atoms with Crippen LogP contribution in [0, 0.1) is 6.92 Å². The Labute approximate surface area is 145 Å². The van der Waals surface area contributed by atoms with Gasteiger partial charge in [0.15, 0.2) is 4.96 Å². The van der Waals surface area contributed by atoms with Gasteiger partial charge in [0.2, 0.25) is 0 Å². The van der Waals surface area contributed by atoms with Crippen molar-refractivity contribution in [1.29, 1.82) is 0 Å². The lowest BCUT2D eigenvalue weighted by atomic mass is 10.2. The van der Waals surface area contributed by atoms with Crippen LogP contribution in [0.5, 0.6) is 0 Å². The van der Waals surface area contributed by atoms with Crippen molar-refractivity contribution in [3.8, 4) is 0 Å². The largest absolute Gasteiger partial charge is 0.335 e. The van der Waals surface area contributed by atoms with Crippen LogP contribution in [0.4, 0.5) is 0 Å². The summed E-state index contributed by atoms with van der Waals surface area (Å²) < 4.78 is 1.94. The molecule has 1 aromatic carbocycles. The van der Waals surface area contributed by atoms with E-state index >= 15 is 0 Å². The van der Waals surface area contributed by atoms with Crippen LogP contribution >= 0.6 is 11.3 Å². The minimum absolute atomic E-state index is 0.0444. The Morgan fingerprint density at radius 3 is 2.58 bits per heavy atom. The smallest absolute Gasteiger partial charge is 0.274 e. The zero-order valence-corrected chi connectivity index (χ0v) is 14.5. The number of imidazole rings is 1. The van der Waals surface area contributed by atoms with E-state index in [1.807, 2.05) is 34.7 Å². The monoisotopic (exact) mass is 340 g/mol. The van der Waals surface area contributed by atoms with E-state index in [1.54, 1.807) is 11.3 Å². The first-order valence-electron chi connectivity index (χ1n) is 8.20. The molecule has 4 rings (SSSR count). The first-order valence-corrected chi connectivity index (χ1v) is 9.01. The van der Waals surface area contributed by atoms with Gasteiger partial charge in [-0.3, -0.25) is 14.1 Å². The van der Waals surface area contributed by atoms with Gasteiger partial charge < -0.3 is 4.90 Å². The topological polar surface area (TPSA) is 40.9 Å². The molecule has 1 aliphatic heterocycles. The van der Waals surface area contributed by atoms with Crippen LogP contribution in [-0.2, 0) is 6.54 Å². The number of thiazole rings is 1. The lowest BCUT2D eigenvalue weighted by Gasteiger charge is -2.34. The summed E-state index contributed by atoms with van der Waals surface area (Å²) in [6, 6.07) is 10.5. The van der Waals surface area contributed by atoms with Crippen LogP contribution < -0.4 is 0 Å². The molecule has 1 amide bonds. The zero-order valence-electron chi connectivity index (χ0n) is 13.7. The highest BCUT2D eigenvalue weighted by Crippen LogP contribution is 2.18. The standard InChI is InChI=1S/C18H20N4OS/c1-14-11-22-13-16(19-18(22)24-14)17(23)21-9-7-20(8-10-21)12-15-5-3-2-4-6-15/h2-6,11,13H,7-10,12H2,1H3. The number of aromatic nitrogens is 2. The van der Waals surface area contributed by atoms with Crippen LogP contribution in [0.15, 0.2) is 42.7 Å². The van der Waals surface area contributed by atoms with E-state index < -0.39 is 0 Å². The quantitative estimate of drug-likeness (QED) is 0.736. The second-order valence-corrected chi connectivity index (χ2v) is 7.42. The molecule has 3 aromatic rings. The van der Waals surface area contributed by atoms with Gasteiger partial charge in [-0.2, -0.15) is 0 Å². The van der Waals surface area contributed by atoms with Crippen LogP contribution in [0.25, 0.3) is 4.96 Å². The first-order chi connectivity index (χ1) is 11.7. The molecule has 0 radical (unpaired) electrons. The summed E-state index contributed by atoms with van der Waals surface area (Å²) in [5.74, 6) is 0.0444. The Morgan fingerprint density at radius 2 is 1.88 bits per heavy atom. The third kappa shape index (κ3) is 3.07. The highest BCUT2D eigenvalue weighted by atomic mass is 32.1. The zero-order chi connectivity index (χ0) is 16.5. The molecule has 3 heterocycles. The molecular weight excluding hydrogens is 320 g/mol. The third-order valence-corrected chi connectivity index (χ3v) is 5.31. The van der Waals surface area contributed by atoms with Crippen LogP contribution in [0.2, 0.25) is 0 Å². The molecule has 24 heavy (non-hydrogen) atoms. The average Bonchev–Trinajstić information content (AvgIpc) is 3.13. The molecule has 5 nitrogen and oxygen atoms in total. The van der Waals surface area contributed by atoms with Crippen molar-refractivity contribution in [2.45, 2.75) is 13.5 Å². The van der Waals surface area contributed by atoms with Gasteiger partial charge in [0, 0.05) is 50.0 Å². The number of benzene rings is 1. The number of hydrogen-bond acceptors (Lipinski definition) is 4. The maximum Gasteiger partial charge on any atom is 0.274 e. The summed E-state index contributed by atoms with van der Waals surface area (Å²) in [6.45, 7) is 6.32. The minimum atomic E-state index is 0.0444. The summed E-state index contributed by atoms with van der Waals surface area (Å²) in [4.78, 5) is 23.5. The number of carbonyl (C=O) groups excluding carboxylic acids is 1. The van der Waals surface area contributed by atoms with Gasteiger partial charge in [0.05, 0.1) is 0 Å². The van der Waals surface area contributed by atoms with Gasteiger partial charge in [0.1, 0.15) is 5.69 Å². The Bertz CT molecular complexity index is 815. The molecule has 1 saturated heterocycles. The molecule has 0 unspecified atom stereocenters. The number of hydrogen-bond donors (Lipinski definition) is 0. The fourth-order valence-electron chi connectivity index (χ4n) is 3.13. The van der Waals surface area contributed by atoms with Gasteiger partial charge in [0.25, 0.3) is 5.91 Å². The van der Waals surface area contributed by atoms with E-state index in [9.17, 15) is 4.79 Å². The SMILES string of the molecule is Cc1cn2cc(C(=O)N3CCN(Cc4ccccc4)CC3)nc2s1. The Hall–Kier alpha value is -2.18. The molecule has 6 heteroatoms. The van der Waals surface area contributed by atoms with Gasteiger partial charge in [-0.05, 0) is 12.5 Å². The van der Waals surface area contributed by atoms with Gasteiger partial charge in [-0.15, -0.1) is 11.3 Å². The predicted octanol–water partition coefficient (Wildman–Crippen LogP) is 2.66. The molecule has 0 atom stereocenters. The Balaban J connectivity index is 1.38. The van der Waals surface area contributed by atoms with Gasteiger partial charge >= 0.3 is 0 Å². The summed E-state index contributed by atoms with van der Waals surface area (Å²) in [5.41, 5.74) is 1.87. The second-order valence-electron chi connectivity index (χ2n) is 6.21. The molecular formula is C18H20N4OS. The molecule has 1 aliphatic rings. The molecule has 0 saturated carbocycles. The summed E-state index contributed by atoms with van der Waals surface area (Å²) in [7, 11) is 0. The highest BCUT2D eigenvalue weighted by molar-refractivity contribution is 7.17. The van der Waals surface area contributed by atoms with E-state index in [4.69, 9.17) is 0 Å². The number of piperazine rings is 1. The van der Waals surface area contributed by atoms with Crippen LogP contribution in [-0.4, -0.2) is 51.3 Å². The fraction of sp³-hybridized carbons (Fsp3) is 0.333. The minimum Gasteiger partial charge on any atom is -0.335 e. The summed E-state index contributed by atoms with van der Waals surface area (Å²) >= 11 is 1.61. The predicted molar refractivity (Wildman–Crippen MR) is 95.4 cm³/mol. The van der Waals surface area contributed by atoms with Crippen molar-refractivity contribution >= 4 is 22.2 Å². The van der Waals surface area contributed by atoms with E-state index in [1.165, 1.54) is 10.4 Å². The van der Waals surface area contributed by atoms with Gasteiger partial charge in [-0.1, -0.05) is 30.3 Å². The number of fused-ring (bicyclic) bond motifs is 1. The maximum absolute atomic E-state index is 12.7. The van der Waals surface area contributed by atoms with Crippen molar-refractivity contribution in [1.82, 2.24) is 19.2 Å². The van der Waals surface area contributed by atoms with Crippen LogP contribution in [0.3, 0.4) is 0 Å². The summed E-state index contributed by atoms with van der Waals surface area (Å²) in [6.07, 6.45) is 3.86. The van der Waals surface area contributed by atoms with Crippen molar-refractivity contribution in [2.24, 2.45) is 0 Å². The fourth-order valence-corrected chi connectivity index (χ4v) is 3.94. The van der Waals surface area contributed by atoms with E-state index in [0.29, 0.717) is 5.69 Å². The van der Waals surface area contributed by atoms with Crippen molar-refractivity contribution in [3.63, 3.8) is 0 Å². The third-order valence-electron chi connectivity index (χ3n) is 4.40. The Kier molecular flexibility index (Phi) is 4.08. The lowest BCUT2D eigenvalue weighted by molar-refractivity contribution is 0.0623. The summed E-state index contributed by atoms with van der Waals surface area (Å²) in [5, 5.41) is 0. The van der Waals surface area contributed by atoms with Gasteiger partial charge in [-0.25, -0.2) is 4.98 Å². The Morgan fingerprint density at radius 1 is 1.12 bits per heavy atom. The molecule has 0 N–H and O–H groups in total. The molecule has 1 fully saturated rings. The number of amides is 1. The number of aryl methyl sites for hydroxylation is 1. The normalized spacial score (nSPS) is 16.0. The van der Waals surface area contributed by atoms with Crippen molar-refractivity contribution in [3.05, 3.63) is 58.9 Å². The van der Waals surface area contributed by atoms with Crippen LogP contribution in [0.1, 0.15) is 20.9 Å². The van der Waals surface area contributed by atoms with E-state index in [0.717, 1.165) is 37.7 Å². The number of carbonyl (C=O) groups is 1. The first kappa shape index (κ1) is 15.4. The lowest BCUT2D eigenvalue weighted by Crippen LogP contribution is -2.48. The van der Waals surface area contributed by atoms with E-state index in [-0.39, 0.29) is 5.91 Å². The van der Waals surface area contributed by atoms with Crippen molar-refractivity contribution < 1.29 is 4.79 Å². The number of rotatable bonds is 3. The average molecular weight is 340 g/mol. The number of nitrogens with zero attached hydrogens (tertiary/aromatic N) is 4. The molecule has 0 bridgehead atoms. The molecule has 0 aliphatic carbocycles. The van der Waals surface area contributed by atoms with Crippen molar-refractivity contribution in [2.75, 3.05) is 26.2 Å². The maximum atomic E-state index is 12.7. The molecule has 0 spiro atoms. The highest BCUT2D eigenvalue weighted by Gasteiger charge is 2.24. The molecule has 124 valence electrons. The van der Waals surface area contributed by atoms with E-state index in [2.05, 4.69) is 34.1 Å². The molecule has 2 aromatic heterocycles. The second kappa shape index (κ2) is 6.37.